The predicted octanol–water partition coefficient (Wildman–Crippen LogP) is 3.33. The summed E-state index contributed by atoms with van der Waals surface area (Å²) >= 11 is 6.19. The lowest BCUT2D eigenvalue weighted by Crippen LogP contribution is -1.96. The van der Waals surface area contributed by atoms with Gasteiger partial charge in [0.05, 0.1) is 10.8 Å². The molecule has 0 heterocycles. The Labute approximate surface area is 108 Å². The molecule has 0 aliphatic heterocycles. The summed E-state index contributed by atoms with van der Waals surface area (Å²) < 4.78 is 11.7. The number of hydrogen-bond acceptors (Lipinski definition) is 2. The van der Waals surface area contributed by atoms with Crippen molar-refractivity contribution in [1.29, 1.82) is 0 Å². The van der Waals surface area contributed by atoms with Crippen molar-refractivity contribution in [1.82, 2.24) is 0 Å². The molecule has 0 saturated heterocycles. The molecule has 0 radical (unpaired) electrons. The summed E-state index contributed by atoms with van der Waals surface area (Å²) in [6.45, 7) is 0. The molecule has 0 aromatic heterocycles. The average Bonchev–Trinajstić information content (AvgIpc) is 2.30. The lowest BCUT2D eigenvalue weighted by molar-refractivity contribution is 0.687. The predicted molar refractivity (Wildman–Crippen MR) is 73.6 cm³/mol. The minimum atomic E-state index is -1.10. The van der Waals surface area contributed by atoms with E-state index >= 15 is 0 Å². The first-order valence-electron chi connectivity index (χ1n) is 5.08. The van der Waals surface area contributed by atoms with Crippen LogP contribution in [0.15, 0.2) is 47.4 Å². The van der Waals surface area contributed by atoms with E-state index in [1.165, 1.54) is 0 Å². The molecule has 2 N–H and O–H groups in total. The van der Waals surface area contributed by atoms with Crippen LogP contribution in [0.25, 0.3) is 11.1 Å². The van der Waals surface area contributed by atoms with Crippen molar-refractivity contribution in [3.05, 3.63) is 47.5 Å². The maximum Gasteiger partial charge on any atom is 0.0504 e. The topological polar surface area (TPSA) is 43.1 Å². The number of nitrogen functional groups attached to an aromatic ring is 1. The minimum Gasteiger partial charge on any atom is -0.398 e. The van der Waals surface area contributed by atoms with Gasteiger partial charge in [-0.25, -0.2) is 0 Å². The normalized spacial score (nSPS) is 12.4. The van der Waals surface area contributed by atoms with Gasteiger partial charge >= 0.3 is 0 Å². The lowest BCUT2D eigenvalue weighted by atomic mass is 10.0. The lowest BCUT2D eigenvalue weighted by Gasteiger charge is -2.11. The van der Waals surface area contributed by atoms with Gasteiger partial charge in [-0.3, -0.25) is 4.21 Å². The van der Waals surface area contributed by atoms with Crippen LogP contribution in [0.4, 0.5) is 5.69 Å². The highest BCUT2D eigenvalue weighted by molar-refractivity contribution is 7.84. The van der Waals surface area contributed by atoms with Crippen molar-refractivity contribution >= 4 is 28.1 Å². The fourth-order valence-electron chi connectivity index (χ4n) is 1.73. The monoisotopic (exact) mass is 265 g/mol. The molecule has 0 bridgehead atoms. The maximum absolute atomic E-state index is 11.7. The van der Waals surface area contributed by atoms with Gasteiger partial charge in [-0.15, -0.1) is 0 Å². The van der Waals surface area contributed by atoms with Crippen LogP contribution >= 0.6 is 11.6 Å². The molecule has 1 unspecified atom stereocenters. The van der Waals surface area contributed by atoms with Crippen molar-refractivity contribution in [2.24, 2.45) is 0 Å². The van der Waals surface area contributed by atoms with E-state index in [0.717, 1.165) is 11.1 Å². The number of hydrogen-bond donors (Lipinski definition) is 1. The van der Waals surface area contributed by atoms with Crippen molar-refractivity contribution in [2.75, 3.05) is 12.0 Å². The molecule has 0 fully saturated rings. The second-order valence-electron chi connectivity index (χ2n) is 3.65. The third-order valence-electron chi connectivity index (χ3n) is 2.52. The summed E-state index contributed by atoms with van der Waals surface area (Å²) in [5, 5.41) is 0.565. The second-order valence-corrected chi connectivity index (χ2v) is 5.41. The van der Waals surface area contributed by atoms with Crippen molar-refractivity contribution in [3.8, 4) is 11.1 Å². The fourth-order valence-corrected chi connectivity index (χ4v) is 2.84. The largest absolute Gasteiger partial charge is 0.398 e. The zero-order chi connectivity index (χ0) is 12.4. The molecular formula is C13H12ClNOS. The van der Waals surface area contributed by atoms with Crippen LogP contribution in [0.5, 0.6) is 0 Å². The molecule has 4 heteroatoms. The third kappa shape index (κ3) is 2.35. The molecule has 1 atom stereocenters. The first-order valence-corrected chi connectivity index (χ1v) is 7.01. The fraction of sp³-hybridized carbons (Fsp3) is 0.0769. The van der Waals surface area contributed by atoms with E-state index in [2.05, 4.69) is 0 Å². The Kier molecular flexibility index (Phi) is 3.50. The molecule has 88 valence electrons. The van der Waals surface area contributed by atoms with Crippen LogP contribution in [-0.2, 0) is 10.8 Å². The minimum absolute atomic E-state index is 0.565. The van der Waals surface area contributed by atoms with Crippen LogP contribution in [-0.4, -0.2) is 10.5 Å². The van der Waals surface area contributed by atoms with Gasteiger partial charge in [0.2, 0.25) is 0 Å². The standard InChI is InChI=1S/C13H12ClNOS/c1-17(16)12-8-4-6-10(14)13(12)9-5-2-3-7-11(9)15/h2-8H,15H2,1H3. The number of para-hydroxylation sites is 1. The highest BCUT2D eigenvalue weighted by Gasteiger charge is 2.13. The summed E-state index contributed by atoms with van der Waals surface area (Å²) in [7, 11) is -1.10. The number of anilines is 1. The van der Waals surface area contributed by atoms with E-state index in [1.54, 1.807) is 24.5 Å². The van der Waals surface area contributed by atoms with Crippen LogP contribution < -0.4 is 5.73 Å². The van der Waals surface area contributed by atoms with E-state index in [-0.39, 0.29) is 0 Å². The van der Waals surface area contributed by atoms with Gasteiger partial charge < -0.3 is 5.73 Å². The maximum atomic E-state index is 11.7. The first-order chi connectivity index (χ1) is 8.11. The zero-order valence-electron chi connectivity index (χ0n) is 9.31. The molecule has 0 aliphatic carbocycles. The van der Waals surface area contributed by atoms with Gasteiger partial charge in [-0.1, -0.05) is 35.9 Å². The van der Waals surface area contributed by atoms with Crippen molar-refractivity contribution in [3.63, 3.8) is 0 Å². The van der Waals surface area contributed by atoms with Gasteiger partial charge in [0.1, 0.15) is 0 Å². The number of rotatable bonds is 2. The molecule has 0 amide bonds. The van der Waals surface area contributed by atoms with Gasteiger partial charge in [-0.05, 0) is 18.2 Å². The molecule has 0 saturated carbocycles. The number of benzene rings is 2. The van der Waals surface area contributed by atoms with E-state index in [4.69, 9.17) is 17.3 Å². The quantitative estimate of drug-likeness (QED) is 0.847. The van der Waals surface area contributed by atoms with Crippen LogP contribution in [0.1, 0.15) is 0 Å². The van der Waals surface area contributed by atoms with Gasteiger partial charge in [0.15, 0.2) is 0 Å². The number of nitrogens with two attached hydrogens (primary N) is 1. The van der Waals surface area contributed by atoms with Gasteiger partial charge in [-0.2, -0.15) is 0 Å². The van der Waals surface area contributed by atoms with E-state index < -0.39 is 10.8 Å². The Morgan fingerprint density at radius 1 is 1.12 bits per heavy atom. The Bertz CT molecular complexity index is 583. The second kappa shape index (κ2) is 4.90. The average molecular weight is 266 g/mol. The summed E-state index contributed by atoms with van der Waals surface area (Å²) in [6.07, 6.45) is 1.63. The molecule has 0 aliphatic rings. The Morgan fingerprint density at radius 2 is 1.82 bits per heavy atom. The highest BCUT2D eigenvalue weighted by atomic mass is 35.5. The summed E-state index contributed by atoms with van der Waals surface area (Å²) in [6, 6.07) is 12.8. The molecule has 2 aromatic carbocycles. The van der Waals surface area contributed by atoms with E-state index in [9.17, 15) is 4.21 Å². The summed E-state index contributed by atoms with van der Waals surface area (Å²) in [5.74, 6) is 0. The Morgan fingerprint density at radius 3 is 2.47 bits per heavy atom. The van der Waals surface area contributed by atoms with Crippen LogP contribution in [0.3, 0.4) is 0 Å². The van der Waals surface area contributed by atoms with E-state index in [0.29, 0.717) is 15.6 Å². The molecule has 0 spiro atoms. The SMILES string of the molecule is CS(=O)c1cccc(Cl)c1-c1ccccc1N. The Balaban J connectivity index is 2.75. The smallest absolute Gasteiger partial charge is 0.0504 e. The van der Waals surface area contributed by atoms with Crippen molar-refractivity contribution in [2.45, 2.75) is 4.90 Å². The van der Waals surface area contributed by atoms with E-state index in [1.807, 2.05) is 24.3 Å². The molecule has 2 nitrogen and oxygen atoms in total. The Hall–Kier alpha value is -1.32. The molecule has 2 aromatic rings. The van der Waals surface area contributed by atoms with Gasteiger partial charge in [0, 0.05) is 33.0 Å². The third-order valence-corrected chi connectivity index (χ3v) is 3.79. The molecule has 17 heavy (non-hydrogen) atoms. The molecular weight excluding hydrogens is 254 g/mol. The first kappa shape index (κ1) is 12.1. The van der Waals surface area contributed by atoms with Crippen molar-refractivity contribution < 1.29 is 4.21 Å². The van der Waals surface area contributed by atoms with Crippen LogP contribution in [0, 0.1) is 0 Å². The van der Waals surface area contributed by atoms with Crippen LogP contribution in [0.2, 0.25) is 5.02 Å². The highest BCUT2D eigenvalue weighted by Crippen LogP contribution is 2.36. The summed E-state index contributed by atoms with van der Waals surface area (Å²) in [4.78, 5) is 0.704. The molecule has 2 rings (SSSR count). The summed E-state index contributed by atoms with van der Waals surface area (Å²) in [5.41, 5.74) is 8.14. The number of halogens is 1. The van der Waals surface area contributed by atoms with Gasteiger partial charge in [0.25, 0.3) is 0 Å². The zero-order valence-corrected chi connectivity index (χ0v) is 10.9.